The molecule has 0 fully saturated rings. The summed E-state index contributed by atoms with van der Waals surface area (Å²) in [5, 5.41) is 1.54. The molecule has 5 aromatic carbocycles. The monoisotopic (exact) mass is 720 g/mol. The van der Waals surface area contributed by atoms with Crippen LogP contribution in [0, 0.1) is 6.92 Å². The van der Waals surface area contributed by atoms with Crippen molar-refractivity contribution in [1.82, 2.24) is 19.9 Å². The Morgan fingerprint density at radius 2 is 1.00 bits per heavy atom. The van der Waals surface area contributed by atoms with Gasteiger partial charge in [0, 0.05) is 44.9 Å². The molecule has 2 N–H and O–H groups in total. The van der Waals surface area contributed by atoms with Crippen LogP contribution in [0.4, 0.5) is 0 Å². The Hall–Kier alpha value is -5.58. The normalized spacial score (nSPS) is 13.0. The lowest BCUT2D eigenvalue weighted by Crippen LogP contribution is -2.21. The fourth-order valence-electron chi connectivity index (χ4n) is 6.63. The summed E-state index contributed by atoms with van der Waals surface area (Å²) < 4.78 is 0. The first-order chi connectivity index (χ1) is 25.3. The number of fused-ring (bicyclic) bond motifs is 8. The van der Waals surface area contributed by atoms with Gasteiger partial charge >= 0.3 is 0 Å². The standard InChI is InChI=1S/C23H16N2O2S.C19H16N2O2S/c1-13-6-2-3-7-14(13)12-28-23-24-18-11-10-17-19(20(18)25-23)22(27)16-9-5-4-8-15(16)21(17)26;1-2-3-10-24-19-20-14-9-8-13-15(16(14)21-19)18(23)12-7-5-4-6-11(12)17(13)22/h2-11H,12H2,1H3,(H,24,25);4-9H,2-3,10H2,1H3,(H,20,21). The average molecular weight is 721 g/mol. The van der Waals surface area contributed by atoms with E-state index in [4.69, 9.17) is 0 Å². The molecule has 2 heterocycles. The number of unbranched alkanes of at least 4 members (excludes halogenated alkanes) is 1. The second-order valence-corrected chi connectivity index (χ2v) is 14.7. The van der Waals surface area contributed by atoms with Gasteiger partial charge in [-0.05, 0) is 48.7 Å². The van der Waals surface area contributed by atoms with Crippen LogP contribution in [0.1, 0.15) is 94.6 Å². The number of H-pyrrole nitrogens is 2. The van der Waals surface area contributed by atoms with Gasteiger partial charge in [0.15, 0.2) is 33.4 Å². The first-order valence-electron chi connectivity index (χ1n) is 17.1. The number of rotatable bonds is 7. The number of nitrogens with one attached hydrogen (secondary N) is 2. The summed E-state index contributed by atoms with van der Waals surface area (Å²) in [6.07, 6.45) is 2.25. The molecule has 52 heavy (non-hydrogen) atoms. The zero-order valence-electron chi connectivity index (χ0n) is 28.4. The predicted molar refractivity (Wildman–Crippen MR) is 205 cm³/mol. The molecule has 2 aromatic heterocycles. The number of hydrogen-bond acceptors (Lipinski definition) is 8. The third-order valence-corrected chi connectivity index (χ3v) is 11.3. The van der Waals surface area contributed by atoms with Crippen LogP contribution in [0.25, 0.3) is 22.1 Å². The zero-order chi connectivity index (χ0) is 35.9. The molecule has 0 aliphatic heterocycles. The van der Waals surface area contributed by atoms with Crippen molar-refractivity contribution in [3.05, 3.63) is 153 Å². The number of thioether (sulfide) groups is 2. The highest BCUT2D eigenvalue weighted by atomic mass is 32.2. The first kappa shape index (κ1) is 33.6. The average Bonchev–Trinajstić information content (AvgIpc) is 3.79. The van der Waals surface area contributed by atoms with Crippen molar-refractivity contribution in [2.45, 2.75) is 42.8 Å². The molecule has 0 unspecified atom stereocenters. The number of carbonyl (C=O) groups is 4. The Kier molecular flexibility index (Phi) is 8.94. The molecule has 0 saturated carbocycles. The Morgan fingerprint density at radius 1 is 0.538 bits per heavy atom. The van der Waals surface area contributed by atoms with Crippen LogP contribution < -0.4 is 0 Å². The molecule has 0 saturated heterocycles. The molecule has 8 nitrogen and oxygen atoms in total. The van der Waals surface area contributed by atoms with Gasteiger partial charge in [-0.15, -0.1) is 0 Å². The zero-order valence-corrected chi connectivity index (χ0v) is 30.0. The Morgan fingerprint density at radius 3 is 1.50 bits per heavy atom. The fraction of sp³-hybridized carbons (Fsp3) is 0.143. The highest BCUT2D eigenvalue weighted by Crippen LogP contribution is 2.35. The third kappa shape index (κ3) is 5.87. The van der Waals surface area contributed by atoms with E-state index in [1.807, 2.05) is 24.3 Å². The topological polar surface area (TPSA) is 126 Å². The van der Waals surface area contributed by atoms with Gasteiger partial charge in [0.2, 0.25) is 0 Å². The molecular weight excluding hydrogens is 689 g/mol. The largest absolute Gasteiger partial charge is 0.333 e. The summed E-state index contributed by atoms with van der Waals surface area (Å²) in [6, 6.07) is 29.3. The maximum atomic E-state index is 13.1. The van der Waals surface area contributed by atoms with Crippen molar-refractivity contribution < 1.29 is 19.2 Å². The minimum atomic E-state index is -0.141. The SMILES string of the molecule is CCCCSc1nc2c3c(ccc2[nH]1)C(=O)c1ccccc1C3=O.Cc1ccccc1CSc1nc2c3c(ccc2[nH]1)C(=O)c1ccccc1C3=O. The molecule has 0 bridgehead atoms. The van der Waals surface area contributed by atoms with E-state index >= 15 is 0 Å². The fourth-order valence-corrected chi connectivity index (χ4v) is 8.55. The van der Waals surface area contributed by atoms with E-state index in [9.17, 15) is 19.2 Å². The van der Waals surface area contributed by atoms with Gasteiger partial charge in [0.1, 0.15) is 11.0 Å². The van der Waals surface area contributed by atoms with Gasteiger partial charge < -0.3 is 9.97 Å². The lowest BCUT2D eigenvalue weighted by atomic mass is 9.83. The van der Waals surface area contributed by atoms with Gasteiger partial charge in [0.25, 0.3) is 0 Å². The Labute approximate surface area is 307 Å². The molecule has 0 spiro atoms. The molecule has 2 aliphatic rings. The van der Waals surface area contributed by atoms with Gasteiger partial charge in [-0.3, -0.25) is 19.2 Å². The first-order valence-corrected chi connectivity index (χ1v) is 19.0. The van der Waals surface area contributed by atoms with E-state index in [1.165, 1.54) is 11.1 Å². The second-order valence-electron chi connectivity index (χ2n) is 12.7. The molecule has 0 amide bonds. The number of aromatic nitrogens is 4. The van der Waals surface area contributed by atoms with Crippen LogP contribution in [0.3, 0.4) is 0 Å². The van der Waals surface area contributed by atoms with E-state index in [0.717, 1.165) is 45.7 Å². The van der Waals surface area contributed by atoms with Crippen LogP contribution in [0.15, 0.2) is 107 Å². The number of imidazole rings is 2. The maximum Gasteiger partial charge on any atom is 0.196 e. The smallest absolute Gasteiger partial charge is 0.196 e. The van der Waals surface area contributed by atoms with Gasteiger partial charge in [0.05, 0.1) is 22.2 Å². The molecule has 0 radical (unpaired) electrons. The lowest BCUT2D eigenvalue weighted by molar-refractivity contribution is 0.0980. The van der Waals surface area contributed by atoms with E-state index in [2.05, 4.69) is 45.9 Å². The van der Waals surface area contributed by atoms with Crippen molar-refractivity contribution in [3.63, 3.8) is 0 Å². The highest BCUT2D eigenvalue weighted by Gasteiger charge is 2.33. The second kappa shape index (κ2) is 13.9. The number of hydrogen-bond donors (Lipinski definition) is 2. The minimum absolute atomic E-state index is 0.106. The third-order valence-electron chi connectivity index (χ3n) is 9.40. The summed E-state index contributed by atoms with van der Waals surface area (Å²) >= 11 is 3.23. The van der Waals surface area contributed by atoms with Crippen molar-refractivity contribution in [1.29, 1.82) is 0 Å². The molecule has 2 aliphatic carbocycles. The highest BCUT2D eigenvalue weighted by molar-refractivity contribution is 7.99. The molecule has 7 aromatic rings. The van der Waals surface area contributed by atoms with E-state index in [0.29, 0.717) is 55.5 Å². The van der Waals surface area contributed by atoms with Crippen molar-refractivity contribution >= 4 is 68.7 Å². The summed E-state index contributed by atoms with van der Waals surface area (Å²) in [5.41, 5.74) is 8.77. The van der Waals surface area contributed by atoms with E-state index in [1.54, 1.807) is 84.2 Å². The van der Waals surface area contributed by atoms with E-state index < -0.39 is 0 Å². The molecule has 256 valence electrons. The Balaban J connectivity index is 0.000000151. The Bertz CT molecular complexity index is 2600. The summed E-state index contributed by atoms with van der Waals surface area (Å²) in [5.74, 6) is 1.27. The van der Waals surface area contributed by atoms with Gasteiger partial charge in [-0.25, -0.2) is 9.97 Å². The number of carbonyl (C=O) groups excluding carboxylic acids is 4. The lowest BCUT2D eigenvalue weighted by Gasteiger charge is -2.17. The molecule has 10 heteroatoms. The molecule has 0 atom stereocenters. The summed E-state index contributed by atoms with van der Waals surface area (Å²) in [6.45, 7) is 4.24. The number of aryl methyl sites for hydroxylation is 1. The van der Waals surface area contributed by atoms with E-state index in [-0.39, 0.29) is 23.1 Å². The minimum Gasteiger partial charge on any atom is -0.333 e. The number of aromatic amines is 2. The van der Waals surface area contributed by atoms with Crippen LogP contribution in [-0.4, -0.2) is 48.8 Å². The quantitative estimate of drug-likeness (QED) is 0.123. The van der Waals surface area contributed by atoms with Crippen molar-refractivity contribution in [2.75, 3.05) is 5.75 Å². The summed E-state index contributed by atoms with van der Waals surface area (Å²) in [7, 11) is 0. The summed E-state index contributed by atoms with van der Waals surface area (Å²) in [4.78, 5) is 67.4. The van der Waals surface area contributed by atoms with Crippen LogP contribution in [-0.2, 0) is 5.75 Å². The molecule has 9 rings (SSSR count). The van der Waals surface area contributed by atoms with Crippen molar-refractivity contribution in [2.24, 2.45) is 0 Å². The van der Waals surface area contributed by atoms with Gasteiger partial charge in [-0.1, -0.05) is 110 Å². The number of benzene rings is 5. The molecular formula is C42H32N4O4S2. The van der Waals surface area contributed by atoms with Gasteiger partial charge in [-0.2, -0.15) is 0 Å². The number of ketones is 4. The van der Waals surface area contributed by atoms with Crippen LogP contribution in [0.5, 0.6) is 0 Å². The van der Waals surface area contributed by atoms with Crippen LogP contribution >= 0.6 is 23.5 Å². The predicted octanol–water partition coefficient (Wildman–Crippen LogP) is 9.17. The number of nitrogens with zero attached hydrogens (tertiary/aromatic N) is 2. The van der Waals surface area contributed by atoms with Crippen LogP contribution in [0.2, 0.25) is 0 Å². The maximum absolute atomic E-state index is 13.1. The van der Waals surface area contributed by atoms with Crippen molar-refractivity contribution in [3.8, 4) is 0 Å².